The average molecular weight is 454 g/mol. The number of amides is 1. The molecule has 1 aromatic heterocycles. The van der Waals surface area contributed by atoms with E-state index < -0.39 is 18.1 Å². The SMILES string of the molecule is O=C(N[C@@H](Cc1ccc2[nH]c(=O)ccc2c1)C(=O)O)OCC1c2ccccc2-c2ccccc21. The van der Waals surface area contributed by atoms with Gasteiger partial charge >= 0.3 is 12.1 Å². The van der Waals surface area contributed by atoms with Crippen LogP contribution < -0.4 is 10.9 Å². The predicted molar refractivity (Wildman–Crippen MR) is 128 cm³/mol. The molecule has 0 aliphatic heterocycles. The Bertz CT molecular complexity index is 1410. The van der Waals surface area contributed by atoms with Gasteiger partial charge in [-0.15, -0.1) is 0 Å². The fourth-order valence-corrected chi connectivity index (χ4v) is 4.55. The molecule has 0 radical (unpaired) electrons. The Hall–Kier alpha value is -4.39. The number of aromatic nitrogens is 1. The van der Waals surface area contributed by atoms with Crippen molar-refractivity contribution in [3.63, 3.8) is 0 Å². The van der Waals surface area contributed by atoms with Crippen LogP contribution in [0.4, 0.5) is 4.79 Å². The molecule has 7 nitrogen and oxygen atoms in total. The van der Waals surface area contributed by atoms with Crippen molar-refractivity contribution in [3.05, 3.63) is 106 Å². The zero-order valence-corrected chi connectivity index (χ0v) is 18.2. The second-order valence-corrected chi connectivity index (χ2v) is 8.31. The van der Waals surface area contributed by atoms with E-state index in [4.69, 9.17) is 4.74 Å². The van der Waals surface area contributed by atoms with Crippen LogP contribution in [0.5, 0.6) is 0 Å². The van der Waals surface area contributed by atoms with E-state index in [1.54, 1.807) is 24.3 Å². The fourth-order valence-electron chi connectivity index (χ4n) is 4.55. The minimum atomic E-state index is -1.16. The first kappa shape index (κ1) is 21.5. The average Bonchev–Trinajstić information content (AvgIpc) is 3.16. The van der Waals surface area contributed by atoms with E-state index in [1.165, 1.54) is 6.07 Å². The number of carbonyl (C=O) groups excluding carboxylic acids is 1. The van der Waals surface area contributed by atoms with Crippen molar-refractivity contribution in [3.8, 4) is 11.1 Å². The number of carboxylic acids is 1. The Kier molecular flexibility index (Phi) is 5.59. The Balaban J connectivity index is 1.27. The number of aliphatic carboxylic acids is 1. The molecule has 1 atom stereocenters. The lowest BCUT2D eigenvalue weighted by Gasteiger charge is -2.17. The number of carboxylic acid groups (broad SMARTS) is 1. The number of hydrogen-bond acceptors (Lipinski definition) is 4. The number of carbonyl (C=O) groups is 2. The quantitative estimate of drug-likeness (QED) is 0.407. The molecule has 3 aromatic carbocycles. The van der Waals surface area contributed by atoms with Crippen molar-refractivity contribution in [2.45, 2.75) is 18.4 Å². The number of rotatable bonds is 6. The number of nitrogens with one attached hydrogen (secondary N) is 2. The van der Waals surface area contributed by atoms with Crippen LogP contribution in [0, 0.1) is 0 Å². The third-order valence-corrected chi connectivity index (χ3v) is 6.16. The highest BCUT2D eigenvalue weighted by molar-refractivity contribution is 5.82. The number of H-pyrrole nitrogens is 1. The van der Waals surface area contributed by atoms with Crippen molar-refractivity contribution in [1.82, 2.24) is 10.3 Å². The molecule has 0 unspecified atom stereocenters. The Morgan fingerprint density at radius 2 is 1.62 bits per heavy atom. The maximum Gasteiger partial charge on any atom is 0.407 e. The summed E-state index contributed by atoms with van der Waals surface area (Å²) in [7, 11) is 0. The molecule has 0 saturated carbocycles. The summed E-state index contributed by atoms with van der Waals surface area (Å²) >= 11 is 0. The van der Waals surface area contributed by atoms with Crippen LogP contribution in [0.25, 0.3) is 22.0 Å². The van der Waals surface area contributed by atoms with E-state index >= 15 is 0 Å². The van der Waals surface area contributed by atoms with Crippen LogP contribution in [0.3, 0.4) is 0 Å². The number of pyridine rings is 1. The molecule has 3 N–H and O–H groups in total. The molecule has 0 saturated heterocycles. The van der Waals surface area contributed by atoms with E-state index in [-0.39, 0.29) is 24.5 Å². The molecule has 170 valence electrons. The van der Waals surface area contributed by atoms with Crippen LogP contribution in [0.1, 0.15) is 22.6 Å². The summed E-state index contributed by atoms with van der Waals surface area (Å²) < 4.78 is 5.49. The first-order valence-electron chi connectivity index (χ1n) is 11.0. The molecule has 7 heteroatoms. The van der Waals surface area contributed by atoms with Gasteiger partial charge in [0.25, 0.3) is 0 Å². The third kappa shape index (κ3) is 4.15. The Morgan fingerprint density at radius 1 is 0.941 bits per heavy atom. The summed E-state index contributed by atoms with van der Waals surface area (Å²) in [6.45, 7) is 0.107. The highest BCUT2D eigenvalue weighted by Crippen LogP contribution is 2.44. The zero-order chi connectivity index (χ0) is 23.7. The number of benzene rings is 3. The second-order valence-electron chi connectivity index (χ2n) is 8.31. The minimum absolute atomic E-state index is 0.0780. The van der Waals surface area contributed by atoms with Crippen LogP contribution in [-0.4, -0.2) is 34.8 Å². The van der Waals surface area contributed by atoms with Crippen molar-refractivity contribution in [2.24, 2.45) is 0 Å². The van der Waals surface area contributed by atoms with Gasteiger partial charge in [0.05, 0.1) is 0 Å². The number of ether oxygens (including phenoxy) is 1. The van der Waals surface area contributed by atoms with Gasteiger partial charge in [-0.2, -0.15) is 0 Å². The van der Waals surface area contributed by atoms with Gasteiger partial charge in [0.1, 0.15) is 12.6 Å². The summed E-state index contributed by atoms with van der Waals surface area (Å²) in [4.78, 5) is 38.5. The molecule has 34 heavy (non-hydrogen) atoms. The van der Waals surface area contributed by atoms with Crippen molar-refractivity contribution < 1.29 is 19.4 Å². The van der Waals surface area contributed by atoms with Gasteiger partial charge in [0, 0.05) is 23.9 Å². The summed E-state index contributed by atoms with van der Waals surface area (Å²) in [6.07, 6.45) is -0.700. The lowest BCUT2D eigenvalue weighted by atomic mass is 9.98. The first-order chi connectivity index (χ1) is 16.5. The Labute approximate surface area is 195 Å². The fraction of sp³-hybridized carbons (Fsp3) is 0.148. The van der Waals surface area contributed by atoms with Crippen molar-refractivity contribution in [2.75, 3.05) is 6.61 Å². The van der Waals surface area contributed by atoms with E-state index in [9.17, 15) is 19.5 Å². The smallest absolute Gasteiger partial charge is 0.407 e. The molecule has 1 aliphatic carbocycles. The topological polar surface area (TPSA) is 108 Å². The number of aromatic amines is 1. The predicted octanol–water partition coefficient (Wildman–Crippen LogP) is 4.06. The molecule has 4 aromatic rings. The van der Waals surface area contributed by atoms with Crippen molar-refractivity contribution >= 4 is 23.0 Å². The van der Waals surface area contributed by atoms with Gasteiger partial charge in [0.15, 0.2) is 0 Å². The normalized spacial score (nSPS) is 13.2. The summed E-state index contributed by atoms with van der Waals surface area (Å²) in [5.74, 6) is -1.26. The van der Waals surface area contributed by atoms with E-state index in [1.807, 2.05) is 48.5 Å². The van der Waals surface area contributed by atoms with Crippen molar-refractivity contribution in [1.29, 1.82) is 0 Å². The number of hydrogen-bond donors (Lipinski definition) is 3. The summed E-state index contributed by atoms with van der Waals surface area (Å²) in [6, 6.07) is 23.2. The highest BCUT2D eigenvalue weighted by atomic mass is 16.5. The molecular formula is C27H22N2O5. The largest absolute Gasteiger partial charge is 0.480 e. The van der Waals surface area contributed by atoms with Gasteiger partial charge in [-0.3, -0.25) is 4.79 Å². The molecule has 5 rings (SSSR count). The Morgan fingerprint density at radius 3 is 2.29 bits per heavy atom. The van der Waals surface area contributed by atoms with Gasteiger partial charge in [-0.1, -0.05) is 54.6 Å². The molecule has 0 bridgehead atoms. The molecule has 0 spiro atoms. The maximum atomic E-state index is 12.5. The standard InChI is InChI=1S/C27H22N2O5/c30-25-12-10-17-13-16(9-11-23(17)28-25)14-24(26(31)32)29-27(33)34-15-22-20-7-3-1-5-18(20)19-6-2-4-8-21(19)22/h1-13,22,24H,14-15H2,(H,28,30)(H,29,33)(H,31,32)/t24-/m0/s1. The first-order valence-corrected chi connectivity index (χ1v) is 11.0. The van der Waals surface area contributed by atoms with Crippen LogP contribution >= 0.6 is 0 Å². The highest BCUT2D eigenvalue weighted by Gasteiger charge is 2.29. The molecule has 0 fully saturated rings. The lowest BCUT2D eigenvalue weighted by molar-refractivity contribution is -0.139. The van der Waals surface area contributed by atoms with E-state index in [0.717, 1.165) is 27.6 Å². The summed E-state index contributed by atoms with van der Waals surface area (Å²) in [5, 5.41) is 12.9. The van der Waals surface area contributed by atoms with Crippen LogP contribution in [-0.2, 0) is 16.0 Å². The van der Waals surface area contributed by atoms with E-state index in [0.29, 0.717) is 11.1 Å². The maximum absolute atomic E-state index is 12.5. The number of alkyl carbamates (subject to hydrolysis) is 1. The minimum Gasteiger partial charge on any atom is -0.480 e. The second kappa shape index (κ2) is 8.86. The van der Waals surface area contributed by atoms with Gasteiger partial charge in [-0.25, -0.2) is 9.59 Å². The monoisotopic (exact) mass is 454 g/mol. The van der Waals surface area contributed by atoms with Gasteiger partial charge < -0.3 is 20.1 Å². The van der Waals surface area contributed by atoms with E-state index in [2.05, 4.69) is 10.3 Å². The molecule has 1 amide bonds. The summed E-state index contributed by atoms with van der Waals surface area (Å²) in [5.41, 5.74) is 5.57. The van der Waals surface area contributed by atoms with Crippen LogP contribution in [0.2, 0.25) is 0 Å². The zero-order valence-electron chi connectivity index (χ0n) is 18.2. The van der Waals surface area contributed by atoms with Crippen LogP contribution in [0.15, 0.2) is 83.7 Å². The van der Waals surface area contributed by atoms with Gasteiger partial charge in [0.2, 0.25) is 5.56 Å². The number of fused-ring (bicyclic) bond motifs is 4. The lowest BCUT2D eigenvalue weighted by Crippen LogP contribution is -2.42. The molecule has 1 aliphatic rings. The van der Waals surface area contributed by atoms with Gasteiger partial charge in [-0.05, 0) is 51.4 Å². The molecular weight excluding hydrogens is 432 g/mol. The third-order valence-electron chi connectivity index (χ3n) is 6.16. The molecule has 1 heterocycles.